The molecular weight excluding hydrogens is 418 g/mol. The normalized spacial score (nSPS) is 23.6. The maximum absolute atomic E-state index is 12.8. The van der Waals surface area contributed by atoms with Crippen LogP contribution in [0.25, 0.3) is 0 Å². The van der Waals surface area contributed by atoms with Crippen molar-refractivity contribution >= 4 is 11.7 Å². The average molecular weight is 456 g/mol. The molecule has 2 aliphatic rings. The summed E-state index contributed by atoms with van der Waals surface area (Å²) < 4.78 is 12.0. The SMILES string of the molecule is C=CCC1C[C@@](OCC)([C@@H](C)Cc2ccc(OC)c(C(=O)N(C)OC)c2)C(C2CC2)=CC1=O. The van der Waals surface area contributed by atoms with Crippen LogP contribution in [-0.4, -0.2) is 50.2 Å². The number of hydroxylamine groups is 2. The third-order valence-corrected chi connectivity index (χ3v) is 7.00. The number of nitrogens with zero attached hydrogens (tertiary/aromatic N) is 1. The average Bonchev–Trinajstić information content (AvgIpc) is 3.65. The predicted octanol–water partition coefficient (Wildman–Crippen LogP) is 4.78. The number of methoxy groups -OCH3 is 1. The van der Waals surface area contributed by atoms with Crippen molar-refractivity contribution < 1.29 is 23.9 Å². The van der Waals surface area contributed by atoms with E-state index in [1.807, 2.05) is 37.3 Å². The van der Waals surface area contributed by atoms with E-state index in [1.165, 1.54) is 12.2 Å². The maximum atomic E-state index is 12.8. The van der Waals surface area contributed by atoms with E-state index in [4.69, 9.17) is 14.3 Å². The molecule has 1 fully saturated rings. The molecule has 0 N–H and O–H groups in total. The minimum atomic E-state index is -0.495. The molecule has 2 aliphatic carbocycles. The van der Waals surface area contributed by atoms with Gasteiger partial charge in [0.15, 0.2) is 5.78 Å². The maximum Gasteiger partial charge on any atom is 0.280 e. The Morgan fingerprint density at radius 3 is 2.64 bits per heavy atom. The van der Waals surface area contributed by atoms with E-state index in [2.05, 4.69) is 13.5 Å². The van der Waals surface area contributed by atoms with Gasteiger partial charge in [-0.05, 0) is 80.2 Å². The van der Waals surface area contributed by atoms with Crippen molar-refractivity contribution in [2.45, 2.75) is 51.6 Å². The third-order valence-electron chi connectivity index (χ3n) is 7.00. The lowest BCUT2D eigenvalue weighted by molar-refractivity contribution is -0.126. The van der Waals surface area contributed by atoms with E-state index in [-0.39, 0.29) is 23.5 Å². The molecule has 6 heteroatoms. The van der Waals surface area contributed by atoms with Crippen LogP contribution in [0.3, 0.4) is 0 Å². The fraction of sp³-hybridized carbons (Fsp3) is 0.556. The molecule has 1 amide bonds. The van der Waals surface area contributed by atoms with Gasteiger partial charge in [-0.2, -0.15) is 0 Å². The molecule has 0 saturated heterocycles. The number of rotatable bonds is 11. The highest BCUT2D eigenvalue weighted by Crippen LogP contribution is 2.51. The second-order valence-electron chi connectivity index (χ2n) is 9.15. The van der Waals surface area contributed by atoms with Gasteiger partial charge in [-0.1, -0.05) is 19.1 Å². The van der Waals surface area contributed by atoms with Crippen LogP contribution in [0.4, 0.5) is 0 Å². The minimum absolute atomic E-state index is 0.109. The standard InChI is InChI=1S/C27H37NO5/c1-7-9-21-17-27(33-8-2,23(16-24(21)29)20-11-12-20)18(3)14-19-10-13-25(31-5)22(15-19)26(30)28(4)32-6/h7,10,13,15-16,18,20-21H,1,8-9,11-12,14,17H2,2-6H3/t18-,21?,27+/m0/s1. The van der Waals surface area contributed by atoms with Gasteiger partial charge in [-0.15, -0.1) is 6.58 Å². The van der Waals surface area contributed by atoms with Crippen LogP contribution >= 0.6 is 0 Å². The van der Waals surface area contributed by atoms with Crippen LogP contribution in [-0.2, 0) is 20.8 Å². The van der Waals surface area contributed by atoms with Crippen LogP contribution in [0.15, 0.2) is 42.5 Å². The van der Waals surface area contributed by atoms with Gasteiger partial charge in [-0.25, -0.2) is 5.06 Å². The Kier molecular flexibility index (Phi) is 8.14. The first-order chi connectivity index (χ1) is 15.8. The van der Waals surface area contributed by atoms with E-state index < -0.39 is 5.60 Å². The lowest BCUT2D eigenvalue weighted by Gasteiger charge is -2.45. The Hall–Kier alpha value is -2.44. The molecule has 0 aromatic heterocycles. The lowest BCUT2D eigenvalue weighted by atomic mass is 9.67. The first kappa shape index (κ1) is 25.2. The number of ketones is 1. The summed E-state index contributed by atoms with van der Waals surface area (Å²) in [6.45, 7) is 8.64. The largest absolute Gasteiger partial charge is 0.496 e. The quantitative estimate of drug-likeness (QED) is 0.355. The number of amides is 1. The Labute approximate surface area is 197 Å². The molecule has 3 atom stereocenters. The van der Waals surface area contributed by atoms with Crippen LogP contribution in [0, 0.1) is 17.8 Å². The van der Waals surface area contributed by atoms with Crippen molar-refractivity contribution in [3.05, 3.63) is 53.6 Å². The van der Waals surface area contributed by atoms with Gasteiger partial charge in [0.05, 0.1) is 25.4 Å². The highest BCUT2D eigenvalue weighted by molar-refractivity contribution is 5.96. The van der Waals surface area contributed by atoms with Crippen molar-refractivity contribution in [3.63, 3.8) is 0 Å². The zero-order valence-corrected chi connectivity index (χ0v) is 20.6. The van der Waals surface area contributed by atoms with E-state index in [9.17, 15) is 9.59 Å². The Balaban J connectivity index is 1.96. The minimum Gasteiger partial charge on any atom is -0.496 e. The van der Waals surface area contributed by atoms with E-state index in [0.29, 0.717) is 43.1 Å². The molecule has 0 heterocycles. The first-order valence-corrected chi connectivity index (χ1v) is 11.8. The predicted molar refractivity (Wildman–Crippen MR) is 128 cm³/mol. The zero-order valence-electron chi connectivity index (χ0n) is 20.6. The number of ether oxygens (including phenoxy) is 2. The van der Waals surface area contributed by atoms with Crippen molar-refractivity contribution in [2.24, 2.45) is 17.8 Å². The first-order valence-electron chi connectivity index (χ1n) is 11.8. The van der Waals surface area contributed by atoms with Crippen molar-refractivity contribution in [3.8, 4) is 5.75 Å². The molecule has 180 valence electrons. The summed E-state index contributed by atoms with van der Waals surface area (Å²) in [5.41, 5.74) is 2.14. The molecule has 1 saturated carbocycles. The molecule has 6 nitrogen and oxygen atoms in total. The summed E-state index contributed by atoms with van der Waals surface area (Å²) >= 11 is 0. The van der Waals surface area contributed by atoms with Crippen LogP contribution in [0.5, 0.6) is 5.75 Å². The molecule has 1 aromatic rings. The molecule has 0 radical (unpaired) electrons. The van der Waals surface area contributed by atoms with E-state index >= 15 is 0 Å². The molecule has 0 aliphatic heterocycles. The second kappa shape index (κ2) is 10.7. The molecule has 0 spiro atoms. The molecular formula is C27H37NO5. The zero-order chi connectivity index (χ0) is 24.2. The summed E-state index contributed by atoms with van der Waals surface area (Å²) in [5, 5.41) is 1.19. The summed E-state index contributed by atoms with van der Waals surface area (Å²) in [7, 11) is 4.58. The van der Waals surface area contributed by atoms with Crippen LogP contribution < -0.4 is 4.74 Å². The fourth-order valence-corrected chi connectivity index (χ4v) is 5.08. The second-order valence-corrected chi connectivity index (χ2v) is 9.15. The van der Waals surface area contributed by atoms with Gasteiger partial charge in [0.1, 0.15) is 5.75 Å². The molecule has 0 bridgehead atoms. The van der Waals surface area contributed by atoms with Crippen molar-refractivity contribution in [2.75, 3.05) is 27.9 Å². The summed E-state index contributed by atoms with van der Waals surface area (Å²) in [4.78, 5) is 30.7. The topological polar surface area (TPSA) is 65.1 Å². The monoisotopic (exact) mass is 455 g/mol. The number of benzene rings is 1. The van der Waals surface area contributed by atoms with Gasteiger partial charge < -0.3 is 9.47 Å². The number of hydrogen-bond acceptors (Lipinski definition) is 5. The van der Waals surface area contributed by atoms with Gasteiger partial charge in [0, 0.05) is 19.6 Å². The smallest absolute Gasteiger partial charge is 0.280 e. The van der Waals surface area contributed by atoms with Gasteiger partial charge in [0.2, 0.25) is 0 Å². The Morgan fingerprint density at radius 1 is 1.33 bits per heavy atom. The van der Waals surface area contributed by atoms with Crippen LogP contribution in [0.1, 0.15) is 55.5 Å². The number of carbonyl (C=O) groups is 2. The molecule has 1 aromatic carbocycles. The van der Waals surface area contributed by atoms with Crippen LogP contribution in [0.2, 0.25) is 0 Å². The van der Waals surface area contributed by atoms with Crippen molar-refractivity contribution in [1.82, 2.24) is 5.06 Å². The molecule has 33 heavy (non-hydrogen) atoms. The van der Waals surface area contributed by atoms with Gasteiger partial charge in [-0.3, -0.25) is 14.4 Å². The van der Waals surface area contributed by atoms with E-state index in [0.717, 1.165) is 24.0 Å². The summed E-state index contributed by atoms with van der Waals surface area (Å²) in [6.07, 6.45) is 7.95. The van der Waals surface area contributed by atoms with Crippen molar-refractivity contribution in [1.29, 1.82) is 0 Å². The van der Waals surface area contributed by atoms with Gasteiger partial charge >= 0.3 is 0 Å². The number of allylic oxidation sites excluding steroid dienone is 2. The highest BCUT2D eigenvalue weighted by atomic mass is 16.7. The summed E-state index contributed by atoms with van der Waals surface area (Å²) in [6, 6.07) is 5.70. The van der Waals surface area contributed by atoms with Gasteiger partial charge in [0.25, 0.3) is 5.91 Å². The Bertz CT molecular complexity index is 919. The molecule has 1 unspecified atom stereocenters. The van der Waals surface area contributed by atoms with E-state index in [1.54, 1.807) is 14.2 Å². The molecule has 3 rings (SSSR count). The number of hydrogen-bond donors (Lipinski definition) is 0. The lowest BCUT2D eigenvalue weighted by Crippen LogP contribution is -2.48. The number of carbonyl (C=O) groups excluding carboxylic acids is 2. The highest BCUT2D eigenvalue weighted by Gasteiger charge is 2.50. The summed E-state index contributed by atoms with van der Waals surface area (Å²) in [5.74, 6) is 0.864. The Morgan fingerprint density at radius 2 is 2.06 bits per heavy atom. The fourth-order valence-electron chi connectivity index (χ4n) is 5.08. The third kappa shape index (κ3) is 5.22.